The second kappa shape index (κ2) is 6.71. The first-order valence-corrected chi connectivity index (χ1v) is 8.55. The first-order valence-electron chi connectivity index (χ1n) is 8.55. The van der Waals surface area contributed by atoms with Gasteiger partial charge in [0.05, 0.1) is 5.69 Å². The molecule has 1 fully saturated rings. The SMILES string of the molecule is CCc1nc2ccc(C)cn2c1C(=O)N1CCCCC1CCO. The van der Waals surface area contributed by atoms with Crippen molar-refractivity contribution in [2.75, 3.05) is 13.2 Å². The third kappa shape index (κ3) is 2.98. The molecule has 3 rings (SSSR count). The number of likely N-dealkylation sites (tertiary alicyclic amines) is 1. The molecule has 124 valence electrons. The molecule has 0 aliphatic carbocycles. The number of amides is 1. The van der Waals surface area contributed by atoms with E-state index in [0.717, 1.165) is 49.1 Å². The number of nitrogens with zero attached hydrogens (tertiary/aromatic N) is 3. The first kappa shape index (κ1) is 16.0. The van der Waals surface area contributed by atoms with Crippen LogP contribution in [-0.4, -0.2) is 44.5 Å². The molecule has 1 unspecified atom stereocenters. The van der Waals surface area contributed by atoms with Crippen molar-refractivity contribution in [3.05, 3.63) is 35.3 Å². The van der Waals surface area contributed by atoms with Gasteiger partial charge in [0.25, 0.3) is 5.91 Å². The van der Waals surface area contributed by atoms with E-state index >= 15 is 0 Å². The van der Waals surface area contributed by atoms with Gasteiger partial charge in [-0.3, -0.25) is 9.20 Å². The molecule has 1 amide bonds. The molecule has 5 heteroatoms. The Balaban J connectivity index is 2.03. The quantitative estimate of drug-likeness (QED) is 0.943. The normalized spacial score (nSPS) is 18.6. The maximum atomic E-state index is 13.2. The Morgan fingerprint density at radius 1 is 1.39 bits per heavy atom. The first-order chi connectivity index (χ1) is 11.2. The van der Waals surface area contributed by atoms with Crippen LogP contribution in [-0.2, 0) is 6.42 Å². The van der Waals surface area contributed by atoms with Crippen molar-refractivity contribution >= 4 is 11.6 Å². The van der Waals surface area contributed by atoms with Crippen molar-refractivity contribution in [1.29, 1.82) is 0 Å². The molecular formula is C18H25N3O2. The highest BCUT2D eigenvalue weighted by Gasteiger charge is 2.30. The zero-order valence-corrected chi connectivity index (χ0v) is 14.0. The van der Waals surface area contributed by atoms with Gasteiger partial charge in [0, 0.05) is 25.4 Å². The number of pyridine rings is 1. The van der Waals surface area contributed by atoms with Gasteiger partial charge >= 0.3 is 0 Å². The largest absolute Gasteiger partial charge is 0.396 e. The molecule has 1 saturated heterocycles. The Hall–Kier alpha value is -1.88. The van der Waals surface area contributed by atoms with Gasteiger partial charge in [-0.2, -0.15) is 0 Å². The lowest BCUT2D eigenvalue weighted by molar-refractivity contribution is 0.0566. The van der Waals surface area contributed by atoms with Crippen molar-refractivity contribution in [2.45, 2.75) is 52.0 Å². The van der Waals surface area contributed by atoms with E-state index in [0.29, 0.717) is 12.1 Å². The summed E-state index contributed by atoms with van der Waals surface area (Å²) in [7, 11) is 0. The fourth-order valence-corrected chi connectivity index (χ4v) is 3.53. The number of aliphatic hydroxyl groups is 1. The Kier molecular flexibility index (Phi) is 4.66. The van der Waals surface area contributed by atoms with Gasteiger partial charge in [0.1, 0.15) is 11.3 Å². The highest BCUT2D eigenvalue weighted by molar-refractivity contribution is 5.95. The van der Waals surface area contributed by atoms with E-state index in [1.807, 2.05) is 41.5 Å². The number of aryl methyl sites for hydroxylation is 2. The number of aromatic nitrogens is 2. The number of aliphatic hydroxyl groups excluding tert-OH is 1. The molecule has 0 aromatic carbocycles. The third-order valence-electron chi connectivity index (χ3n) is 4.73. The van der Waals surface area contributed by atoms with E-state index in [-0.39, 0.29) is 18.6 Å². The van der Waals surface area contributed by atoms with Crippen molar-refractivity contribution in [1.82, 2.24) is 14.3 Å². The van der Waals surface area contributed by atoms with Gasteiger partial charge in [-0.25, -0.2) is 4.98 Å². The average molecular weight is 315 g/mol. The predicted molar refractivity (Wildman–Crippen MR) is 89.7 cm³/mol. The molecule has 0 saturated carbocycles. The number of carbonyl (C=O) groups is 1. The van der Waals surface area contributed by atoms with Crippen LogP contribution in [0.4, 0.5) is 0 Å². The lowest BCUT2D eigenvalue weighted by Crippen LogP contribution is -2.44. The standard InChI is InChI=1S/C18H25N3O2/c1-3-15-17(21-12-13(2)7-8-16(21)19-15)18(23)20-10-5-4-6-14(20)9-11-22/h7-8,12,14,22H,3-6,9-11H2,1-2H3. The summed E-state index contributed by atoms with van der Waals surface area (Å²) < 4.78 is 1.93. The van der Waals surface area contributed by atoms with Crippen molar-refractivity contribution in [2.24, 2.45) is 0 Å². The second-order valence-corrected chi connectivity index (χ2v) is 6.36. The van der Waals surface area contributed by atoms with Crippen molar-refractivity contribution < 1.29 is 9.90 Å². The molecule has 2 aromatic rings. The van der Waals surface area contributed by atoms with Crippen LogP contribution in [0.1, 0.15) is 54.4 Å². The number of hydrogen-bond acceptors (Lipinski definition) is 3. The zero-order valence-electron chi connectivity index (χ0n) is 14.0. The van der Waals surface area contributed by atoms with Crippen LogP contribution in [0.3, 0.4) is 0 Å². The number of hydrogen-bond donors (Lipinski definition) is 1. The molecule has 1 aliphatic rings. The summed E-state index contributed by atoms with van der Waals surface area (Å²) >= 11 is 0. The van der Waals surface area contributed by atoms with E-state index in [1.165, 1.54) is 0 Å². The summed E-state index contributed by atoms with van der Waals surface area (Å²) in [6, 6.07) is 4.12. The van der Waals surface area contributed by atoms with E-state index < -0.39 is 0 Å². The Morgan fingerprint density at radius 3 is 2.96 bits per heavy atom. The van der Waals surface area contributed by atoms with Gasteiger partial charge in [-0.15, -0.1) is 0 Å². The van der Waals surface area contributed by atoms with E-state index in [1.54, 1.807) is 0 Å². The number of rotatable bonds is 4. The van der Waals surface area contributed by atoms with Crippen LogP contribution in [0.5, 0.6) is 0 Å². The fourth-order valence-electron chi connectivity index (χ4n) is 3.53. The highest BCUT2D eigenvalue weighted by Crippen LogP contribution is 2.24. The maximum absolute atomic E-state index is 13.2. The number of fused-ring (bicyclic) bond motifs is 1. The molecule has 5 nitrogen and oxygen atoms in total. The Labute approximate surface area is 136 Å². The third-order valence-corrected chi connectivity index (χ3v) is 4.73. The topological polar surface area (TPSA) is 57.8 Å². The minimum Gasteiger partial charge on any atom is -0.396 e. The summed E-state index contributed by atoms with van der Waals surface area (Å²) in [4.78, 5) is 19.8. The van der Waals surface area contributed by atoms with Gasteiger partial charge in [-0.05, 0) is 50.7 Å². The van der Waals surface area contributed by atoms with Gasteiger partial charge < -0.3 is 10.0 Å². The molecule has 0 spiro atoms. The van der Waals surface area contributed by atoms with E-state index in [9.17, 15) is 9.90 Å². The average Bonchev–Trinajstić information content (AvgIpc) is 2.92. The fraction of sp³-hybridized carbons (Fsp3) is 0.556. The minimum atomic E-state index is 0.0538. The number of piperidine rings is 1. The van der Waals surface area contributed by atoms with Crippen molar-refractivity contribution in [3.63, 3.8) is 0 Å². The predicted octanol–water partition coefficient (Wildman–Crippen LogP) is 2.58. The molecule has 0 radical (unpaired) electrons. The van der Waals surface area contributed by atoms with E-state index in [2.05, 4.69) is 4.98 Å². The lowest BCUT2D eigenvalue weighted by Gasteiger charge is -2.35. The molecule has 0 bridgehead atoms. The van der Waals surface area contributed by atoms with Crippen LogP contribution < -0.4 is 0 Å². The van der Waals surface area contributed by atoms with Crippen LogP contribution >= 0.6 is 0 Å². The Morgan fingerprint density at radius 2 is 2.22 bits per heavy atom. The van der Waals surface area contributed by atoms with Crippen molar-refractivity contribution in [3.8, 4) is 0 Å². The van der Waals surface area contributed by atoms with Gasteiger partial charge in [0.15, 0.2) is 0 Å². The van der Waals surface area contributed by atoms with E-state index in [4.69, 9.17) is 0 Å². The van der Waals surface area contributed by atoms with Crippen LogP contribution in [0.15, 0.2) is 18.3 Å². The molecular weight excluding hydrogens is 290 g/mol. The molecule has 1 N–H and O–H groups in total. The highest BCUT2D eigenvalue weighted by atomic mass is 16.3. The monoisotopic (exact) mass is 315 g/mol. The summed E-state index contributed by atoms with van der Waals surface area (Å²) in [5.41, 5.74) is 3.48. The smallest absolute Gasteiger partial charge is 0.273 e. The van der Waals surface area contributed by atoms with Gasteiger partial charge in [0.2, 0.25) is 0 Å². The molecule has 23 heavy (non-hydrogen) atoms. The minimum absolute atomic E-state index is 0.0538. The summed E-state index contributed by atoms with van der Waals surface area (Å²) in [5, 5.41) is 9.30. The molecule has 2 aromatic heterocycles. The zero-order chi connectivity index (χ0) is 16.4. The van der Waals surface area contributed by atoms with Gasteiger partial charge in [-0.1, -0.05) is 13.0 Å². The van der Waals surface area contributed by atoms with Crippen LogP contribution in [0.2, 0.25) is 0 Å². The second-order valence-electron chi connectivity index (χ2n) is 6.36. The Bertz CT molecular complexity index is 706. The van der Waals surface area contributed by atoms with Crippen LogP contribution in [0.25, 0.3) is 5.65 Å². The summed E-state index contributed by atoms with van der Waals surface area (Å²) in [6.45, 7) is 4.95. The number of imidazole rings is 1. The molecule has 3 heterocycles. The lowest BCUT2D eigenvalue weighted by atomic mass is 9.99. The summed E-state index contributed by atoms with van der Waals surface area (Å²) in [6.07, 6.45) is 6.51. The molecule has 1 aliphatic heterocycles. The van der Waals surface area contributed by atoms with Crippen LogP contribution in [0, 0.1) is 6.92 Å². The number of carbonyl (C=O) groups excluding carboxylic acids is 1. The molecule has 1 atom stereocenters. The summed E-state index contributed by atoms with van der Waals surface area (Å²) in [5.74, 6) is 0.0538. The maximum Gasteiger partial charge on any atom is 0.273 e.